The highest BCUT2D eigenvalue weighted by Crippen LogP contribution is 2.38. The maximum absolute atomic E-state index is 12.7. The van der Waals surface area contributed by atoms with E-state index >= 15 is 0 Å². The van der Waals surface area contributed by atoms with Gasteiger partial charge in [0.05, 0.1) is 6.61 Å². The van der Waals surface area contributed by atoms with Gasteiger partial charge >= 0.3 is 5.97 Å². The number of carbonyl (C=O) groups is 1. The van der Waals surface area contributed by atoms with Crippen LogP contribution in [0.25, 0.3) is 5.57 Å². The highest BCUT2D eigenvalue weighted by molar-refractivity contribution is 6.31. The molecule has 2 aromatic heterocycles. The number of nitrogens with zero attached hydrogens (tertiary/aromatic N) is 4. The molecule has 3 heterocycles. The Bertz CT molecular complexity index is 1340. The molecule has 0 unspecified atom stereocenters. The third-order valence-electron chi connectivity index (χ3n) is 6.72. The molecule has 2 N–H and O–H groups in total. The number of aliphatic carboxylic acids is 1. The molecule has 2 fully saturated rings. The van der Waals surface area contributed by atoms with E-state index in [9.17, 15) is 9.59 Å². The van der Waals surface area contributed by atoms with Crippen LogP contribution >= 0.6 is 11.6 Å². The molecule has 0 amide bonds. The largest absolute Gasteiger partial charge is 0.480 e. The standard InChI is InChI=1S/C26H28ClN5O4/c27-22-13-19(7-6-18(22)2-1-3-24-29-30-31-32(24)14-25(33)34)21(12-16-10-11-36-15-16)23-9-8-20(17-4-5-17)26(35)28-23/h6-9,12-13,16-17H,1-5,10-11,14-15H2,(H,28,35)(H,33,34)/b21-12+/t16-/m1/s1. The van der Waals surface area contributed by atoms with Gasteiger partial charge in [0, 0.05) is 40.8 Å². The van der Waals surface area contributed by atoms with Gasteiger partial charge < -0.3 is 14.8 Å². The third-order valence-corrected chi connectivity index (χ3v) is 7.07. The molecule has 5 rings (SSSR count). The molecular weight excluding hydrogens is 482 g/mol. The SMILES string of the molecule is O=C(O)Cn1nnnc1CCCc1ccc(/C(=C\[C@H]2CCOC2)c2ccc(C3CC3)c(=O)[nH]2)cc1Cl. The number of nitrogens with one attached hydrogen (secondary N) is 1. The van der Waals surface area contributed by atoms with E-state index in [4.69, 9.17) is 21.4 Å². The first-order chi connectivity index (χ1) is 17.5. The number of ether oxygens (including phenoxy) is 1. The summed E-state index contributed by atoms with van der Waals surface area (Å²) in [6.07, 6.45) is 7.24. The van der Waals surface area contributed by atoms with Crippen LogP contribution in [0.3, 0.4) is 0 Å². The maximum atomic E-state index is 12.7. The van der Waals surface area contributed by atoms with Gasteiger partial charge in [0.1, 0.15) is 6.54 Å². The molecule has 36 heavy (non-hydrogen) atoms. The zero-order valence-corrected chi connectivity index (χ0v) is 20.6. The zero-order valence-electron chi connectivity index (χ0n) is 19.8. The number of hydrogen-bond acceptors (Lipinski definition) is 6. The molecule has 1 saturated heterocycles. The van der Waals surface area contributed by atoms with Crippen molar-refractivity contribution in [1.82, 2.24) is 25.2 Å². The molecule has 1 aliphatic carbocycles. The van der Waals surface area contributed by atoms with Gasteiger partial charge in [-0.2, -0.15) is 0 Å². The summed E-state index contributed by atoms with van der Waals surface area (Å²) in [5, 5.41) is 20.9. The van der Waals surface area contributed by atoms with Crippen molar-refractivity contribution in [2.24, 2.45) is 5.92 Å². The number of aromatic amines is 1. The van der Waals surface area contributed by atoms with E-state index in [1.165, 1.54) is 4.68 Å². The van der Waals surface area contributed by atoms with E-state index in [1.54, 1.807) is 0 Å². The fraction of sp³-hybridized carbons (Fsp3) is 0.423. The monoisotopic (exact) mass is 509 g/mol. The first-order valence-electron chi connectivity index (χ1n) is 12.3. The lowest BCUT2D eigenvalue weighted by molar-refractivity contribution is -0.138. The maximum Gasteiger partial charge on any atom is 0.325 e. The summed E-state index contributed by atoms with van der Waals surface area (Å²) in [5.41, 5.74) is 4.51. The number of hydrogen-bond donors (Lipinski definition) is 2. The number of carboxylic acids is 1. The van der Waals surface area contributed by atoms with Crippen molar-refractivity contribution in [2.75, 3.05) is 13.2 Å². The fourth-order valence-electron chi connectivity index (χ4n) is 4.63. The lowest BCUT2D eigenvalue weighted by atomic mass is 9.94. The average Bonchev–Trinajstić information content (AvgIpc) is 3.38. The lowest BCUT2D eigenvalue weighted by Crippen LogP contribution is -2.14. The molecule has 0 bridgehead atoms. The number of benzene rings is 1. The van der Waals surface area contributed by atoms with E-state index in [0.29, 0.717) is 36.2 Å². The normalized spacial score (nSPS) is 18.0. The summed E-state index contributed by atoms with van der Waals surface area (Å²) in [5.74, 6) is 0.217. The van der Waals surface area contributed by atoms with Crippen molar-refractivity contribution in [3.63, 3.8) is 0 Å². The minimum absolute atomic E-state index is 0.0171. The number of aryl methyl sites for hydroxylation is 2. The van der Waals surface area contributed by atoms with Crippen molar-refractivity contribution in [1.29, 1.82) is 0 Å². The van der Waals surface area contributed by atoms with Crippen LogP contribution in [0.15, 0.2) is 41.2 Å². The Morgan fingerprint density at radius 1 is 1.22 bits per heavy atom. The van der Waals surface area contributed by atoms with Crippen LogP contribution in [0, 0.1) is 5.92 Å². The summed E-state index contributed by atoms with van der Waals surface area (Å²) in [6.45, 7) is 1.14. The quantitative estimate of drug-likeness (QED) is 0.428. The minimum atomic E-state index is -0.987. The number of rotatable bonds is 10. The van der Waals surface area contributed by atoms with Crippen LogP contribution in [-0.4, -0.2) is 49.5 Å². The van der Waals surface area contributed by atoms with Crippen LogP contribution in [-0.2, 0) is 28.9 Å². The van der Waals surface area contributed by atoms with Gasteiger partial charge in [0.25, 0.3) is 5.56 Å². The predicted molar refractivity (Wildman–Crippen MR) is 134 cm³/mol. The van der Waals surface area contributed by atoms with Gasteiger partial charge in [-0.1, -0.05) is 35.9 Å². The Labute approximate surface area is 213 Å². The topological polar surface area (TPSA) is 123 Å². The minimum Gasteiger partial charge on any atom is -0.480 e. The molecule has 0 radical (unpaired) electrons. The molecule has 3 aromatic rings. The van der Waals surface area contributed by atoms with E-state index < -0.39 is 5.97 Å². The molecular formula is C26H28ClN5O4. The number of aromatic nitrogens is 5. The van der Waals surface area contributed by atoms with E-state index in [0.717, 1.165) is 60.2 Å². The van der Waals surface area contributed by atoms with Crippen LogP contribution in [0.2, 0.25) is 5.02 Å². The van der Waals surface area contributed by atoms with Gasteiger partial charge in [-0.15, -0.1) is 5.10 Å². The van der Waals surface area contributed by atoms with Gasteiger partial charge in [-0.25, -0.2) is 4.68 Å². The molecule has 1 saturated carbocycles. The Balaban J connectivity index is 1.34. The molecule has 9 nitrogen and oxygen atoms in total. The van der Waals surface area contributed by atoms with Gasteiger partial charge in [0.2, 0.25) is 0 Å². The van der Waals surface area contributed by atoms with Crippen LogP contribution in [0.4, 0.5) is 0 Å². The Kier molecular flexibility index (Phi) is 7.29. The molecule has 2 aliphatic rings. The van der Waals surface area contributed by atoms with Crippen molar-refractivity contribution in [3.05, 3.63) is 80.0 Å². The van der Waals surface area contributed by atoms with Gasteiger partial charge in [-0.3, -0.25) is 9.59 Å². The van der Waals surface area contributed by atoms with Crippen LogP contribution in [0.5, 0.6) is 0 Å². The smallest absolute Gasteiger partial charge is 0.325 e. The third kappa shape index (κ3) is 5.74. The number of tetrazole rings is 1. The van der Waals surface area contributed by atoms with Crippen LogP contribution < -0.4 is 5.56 Å². The molecule has 1 aliphatic heterocycles. The first kappa shape index (κ1) is 24.4. The average molecular weight is 510 g/mol. The van der Waals surface area contributed by atoms with Gasteiger partial charge in [-0.05, 0) is 71.7 Å². The Morgan fingerprint density at radius 3 is 2.78 bits per heavy atom. The van der Waals surface area contributed by atoms with E-state index in [-0.39, 0.29) is 18.0 Å². The number of H-pyrrole nitrogens is 1. The van der Waals surface area contributed by atoms with Crippen molar-refractivity contribution in [2.45, 2.75) is 51.0 Å². The van der Waals surface area contributed by atoms with Crippen molar-refractivity contribution >= 4 is 23.1 Å². The Morgan fingerprint density at radius 2 is 2.08 bits per heavy atom. The molecule has 0 spiro atoms. The number of carboxylic acid groups (broad SMARTS) is 1. The second-order valence-electron chi connectivity index (χ2n) is 9.44. The van der Waals surface area contributed by atoms with E-state index in [2.05, 4.69) is 26.6 Å². The molecule has 10 heteroatoms. The highest BCUT2D eigenvalue weighted by atomic mass is 35.5. The van der Waals surface area contributed by atoms with Crippen molar-refractivity contribution < 1.29 is 14.6 Å². The predicted octanol–water partition coefficient (Wildman–Crippen LogP) is 3.62. The molecule has 188 valence electrons. The summed E-state index contributed by atoms with van der Waals surface area (Å²) < 4.78 is 6.87. The summed E-state index contributed by atoms with van der Waals surface area (Å²) in [6, 6.07) is 9.94. The highest BCUT2D eigenvalue weighted by Gasteiger charge is 2.26. The first-order valence-corrected chi connectivity index (χ1v) is 12.6. The van der Waals surface area contributed by atoms with Crippen molar-refractivity contribution in [3.8, 4) is 0 Å². The second-order valence-corrected chi connectivity index (χ2v) is 9.85. The lowest BCUT2D eigenvalue weighted by Gasteiger charge is -2.14. The number of pyridine rings is 1. The molecule has 1 aromatic carbocycles. The number of halogens is 1. The molecule has 1 atom stereocenters. The Hall–Kier alpha value is -3.30. The summed E-state index contributed by atoms with van der Waals surface area (Å²) >= 11 is 6.70. The van der Waals surface area contributed by atoms with Crippen LogP contribution in [0.1, 0.15) is 59.8 Å². The fourth-order valence-corrected chi connectivity index (χ4v) is 4.90. The van der Waals surface area contributed by atoms with E-state index in [1.807, 2.05) is 30.3 Å². The summed E-state index contributed by atoms with van der Waals surface area (Å²) in [4.78, 5) is 26.8. The second kappa shape index (κ2) is 10.8. The zero-order chi connectivity index (χ0) is 25.1. The summed E-state index contributed by atoms with van der Waals surface area (Å²) in [7, 11) is 0. The van der Waals surface area contributed by atoms with Gasteiger partial charge in [0.15, 0.2) is 5.82 Å².